The summed E-state index contributed by atoms with van der Waals surface area (Å²) in [5, 5.41) is 0. The van der Waals surface area contributed by atoms with Gasteiger partial charge in [0.1, 0.15) is 0 Å². The van der Waals surface area contributed by atoms with Gasteiger partial charge >= 0.3 is 0 Å². The van der Waals surface area contributed by atoms with Crippen LogP contribution in [0.5, 0.6) is 0 Å². The van der Waals surface area contributed by atoms with Crippen LogP contribution in [0.1, 0.15) is 11.3 Å². The summed E-state index contributed by atoms with van der Waals surface area (Å²) in [6.07, 6.45) is 5.41. The lowest BCUT2D eigenvalue weighted by Crippen LogP contribution is -1.99. The standard InChI is InChI=1S/C10H9N5/c11-10-14-4-6-3-12-5-8-7(1-2-13-8)9(6)15-10/h1-2,4-5,13H,3H2,(H2,11,14,15). The minimum atomic E-state index is 0.294. The van der Waals surface area contributed by atoms with Gasteiger partial charge in [-0.3, -0.25) is 4.99 Å². The lowest BCUT2D eigenvalue weighted by Gasteiger charge is -2.03. The van der Waals surface area contributed by atoms with Crippen molar-refractivity contribution in [3.05, 3.63) is 29.7 Å². The predicted octanol–water partition coefficient (Wildman–Crippen LogP) is 0.986. The molecule has 5 nitrogen and oxygen atoms in total. The molecule has 74 valence electrons. The maximum atomic E-state index is 5.59. The number of rotatable bonds is 0. The number of H-pyrrole nitrogens is 1. The van der Waals surface area contributed by atoms with E-state index in [1.165, 1.54) is 0 Å². The van der Waals surface area contributed by atoms with Crippen LogP contribution in [0.2, 0.25) is 0 Å². The molecule has 0 radical (unpaired) electrons. The molecule has 5 heteroatoms. The number of nitrogens with two attached hydrogens (primary N) is 1. The first-order valence-corrected chi connectivity index (χ1v) is 4.63. The van der Waals surface area contributed by atoms with Crippen molar-refractivity contribution in [2.45, 2.75) is 6.54 Å². The number of hydrogen-bond acceptors (Lipinski definition) is 4. The predicted molar refractivity (Wildman–Crippen MR) is 57.5 cm³/mol. The quantitative estimate of drug-likeness (QED) is 0.663. The van der Waals surface area contributed by atoms with Gasteiger partial charge in [0.2, 0.25) is 5.95 Å². The molecule has 1 aliphatic rings. The SMILES string of the molecule is Nc1ncc2c(n1)-c1cc[nH]c1C=NC2. The van der Waals surface area contributed by atoms with Gasteiger partial charge in [-0.1, -0.05) is 0 Å². The van der Waals surface area contributed by atoms with Crippen LogP contribution in [0.15, 0.2) is 23.5 Å². The first kappa shape index (κ1) is 8.16. The number of fused-ring (bicyclic) bond motifs is 3. The highest BCUT2D eigenvalue weighted by Gasteiger charge is 2.14. The topological polar surface area (TPSA) is 80.0 Å². The molecule has 0 amide bonds. The van der Waals surface area contributed by atoms with E-state index in [1.54, 1.807) is 6.20 Å². The van der Waals surface area contributed by atoms with Gasteiger partial charge in [-0.15, -0.1) is 0 Å². The molecule has 3 rings (SSSR count). The molecule has 2 aromatic rings. The van der Waals surface area contributed by atoms with Gasteiger partial charge in [-0.05, 0) is 6.07 Å². The van der Waals surface area contributed by atoms with Crippen molar-refractivity contribution in [2.24, 2.45) is 4.99 Å². The molecule has 1 aliphatic heterocycles. The molecule has 0 spiro atoms. The van der Waals surface area contributed by atoms with Gasteiger partial charge in [0, 0.05) is 29.7 Å². The van der Waals surface area contributed by atoms with Crippen molar-refractivity contribution in [3.63, 3.8) is 0 Å². The minimum Gasteiger partial charge on any atom is -0.368 e. The largest absolute Gasteiger partial charge is 0.368 e. The third-order valence-corrected chi connectivity index (χ3v) is 2.40. The summed E-state index contributed by atoms with van der Waals surface area (Å²) in [5.74, 6) is 0.294. The summed E-state index contributed by atoms with van der Waals surface area (Å²) in [6.45, 7) is 0.595. The van der Waals surface area contributed by atoms with E-state index >= 15 is 0 Å². The molecule has 0 aliphatic carbocycles. The second kappa shape index (κ2) is 2.91. The number of aliphatic imine (C=N–C) groups is 1. The van der Waals surface area contributed by atoms with E-state index in [-0.39, 0.29) is 0 Å². The van der Waals surface area contributed by atoms with Crippen molar-refractivity contribution in [1.82, 2.24) is 15.0 Å². The molecule has 0 aromatic carbocycles. The first-order chi connectivity index (χ1) is 7.34. The second-order valence-electron chi connectivity index (χ2n) is 3.38. The van der Waals surface area contributed by atoms with Crippen LogP contribution in [0.4, 0.5) is 5.95 Å². The summed E-state index contributed by atoms with van der Waals surface area (Å²) in [4.78, 5) is 15.6. The maximum Gasteiger partial charge on any atom is 0.220 e. The Morgan fingerprint density at radius 3 is 3.27 bits per heavy atom. The lowest BCUT2D eigenvalue weighted by molar-refractivity contribution is 1.03. The third kappa shape index (κ3) is 1.20. The van der Waals surface area contributed by atoms with Crippen LogP contribution in [-0.4, -0.2) is 21.2 Å². The van der Waals surface area contributed by atoms with Crippen LogP contribution in [0.3, 0.4) is 0 Å². The molecule has 0 saturated heterocycles. The first-order valence-electron chi connectivity index (χ1n) is 4.63. The molecule has 3 N–H and O–H groups in total. The fourth-order valence-corrected chi connectivity index (χ4v) is 1.70. The number of hydrogen-bond donors (Lipinski definition) is 2. The van der Waals surface area contributed by atoms with Gasteiger partial charge in [0.15, 0.2) is 0 Å². The number of nitrogens with zero attached hydrogens (tertiary/aromatic N) is 3. The number of aromatic nitrogens is 3. The normalized spacial score (nSPS) is 13.1. The summed E-state index contributed by atoms with van der Waals surface area (Å²) < 4.78 is 0. The highest BCUT2D eigenvalue weighted by molar-refractivity contribution is 5.89. The average Bonchev–Trinajstić information content (AvgIpc) is 2.62. The summed E-state index contributed by atoms with van der Waals surface area (Å²) in [5.41, 5.74) is 9.45. The Hall–Kier alpha value is -2.17. The molecule has 0 bridgehead atoms. The zero-order chi connectivity index (χ0) is 10.3. The average molecular weight is 199 g/mol. The summed E-state index contributed by atoms with van der Waals surface area (Å²) >= 11 is 0. The zero-order valence-electron chi connectivity index (χ0n) is 7.94. The highest BCUT2D eigenvalue weighted by Crippen LogP contribution is 2.26. The van der Waals surface area contributed by atoms with Crippen LogP contribution in [0.25, 0.3) is 11.3 Å². The van der Waals surface area contributed by atoms with Crippen molar-refractivity contribution in [2.75, 3.05) is 5.73 Å². The van der Waals surface area contributed by atoms with Crippen LogP contribution in [0, 0.1) is 0 Å². The maximum absolute atomic E-state index is 5.59. The van der Waals surface area contributed by atoms with Gasteiger partial charge in [0.05, 0.1) is 17.9 Å². The molecule has 2 aromatic heterocycles. The fraction of sp³-hybridized carbons (Fsp3) is 0.100. The highest BCUT2D eigenvalue weighted by atomic mass is 15.0. The van der Waals surface area contributed by atoms with E-state index < -0.39 is 0 Å². The van der Waals surface area contributed by atoms with Crippen LogP contribution >= 0.6 is 0 Å². The van der Waals surface area contributed by atoms with Crippen LogP contribution < -0.4 is 5.73 Å². The van der Waals surface area contributed by atoms with E-state index in [2.05, 4.69) is 19.9 Å². The van der Waals surface area contributed by atoms with Gasteiger partial charge in [-0.25, -0.2) is 9.97 Å². The Labute approximate surface area is 86.1 Å². The summed E-state index contributed by atoms with van der Waals surface area (Å²) in [7, 11) is 0. The fourth-order valence-electron chi connectivity index (χ4n) is 1.70. The van der Waals surface area contributed by atoms with Crippen molar-refractivity contribution in [1.29, 1.82) is 0 Å². The van der Waals surface area contributed by atoms with E-state index in [1.807, 2.05) is 18.5 Å². The van der Waals surface area contributed by atoms with Crippen molar-refractivity contribution >= 4 is 12.2 Å². The molecule has 3 heterocycles. The molecule has 15 heavy (non-hydrogen) atoms. The van der Waals surface area contributed by atoms with Crippen molar-refractivity contribution in [3.8, 4) is 11.3 Å². The Morgan fingerprint density at radius 2 is 2.33 bits per heavy atom. The Morgan fingerprint density at radius 1 is 1.40 bits per heavy atom. The lowest BCUT2D eigenvalue weighted by atomic mass is 10.1. The van der Waals surface area contributed by atoms with E-state index in [9.17, 15) is 0 Å². The molecule has 0 atom stereocenters. The Kier molecular flexibility index (Phi) is 1.58. The zero-order valence-corrected chi connectivity index (χ0v) is 7.94. The molecular weight excluding hydrogens is 190 g/mol. The van der Waals surface area contributed by atoms with E-state index in [0.717, 1.165) is 22.5 Å². The van der Waals surface area contributed by atoms with E-state index in [0.29, 0.717) is 12.5 Å². The molecule has 0 saturated carbocycles. The minimum absolute atomic E-state index is 0.294. The summed E-state index contributed by atoms with van der Waals surface area (Å²) in [6, 6.07) is 1.97. The van der Waals surface area contributed by atoms with Crippen molar-refractivity contribution < 1.29 is 0 Å². The van der Waals surface area contributed by atoms with E-state index in [4.69, 9.17) is 5.73 Å². The number of anilines is 1. The smallest absolute Gasteiger partial charge is 0.220 e. The van der Waals surface area contributed by atoms with Crippen LogP contribution in [-0.2, 0) is 6.54 Å². The third-order valence-electron chi connectivity index (χ3n) is 2.40. The number of nitrogens with one attached hydrogen (secondary N) is 1. The Balaban J connectivity index is 2.32. The number of nitrogen functional groups attached to an aromatic ring is 1. The number of aromatic amines is 1. The monoisotopic (exact) mass is 199 g/mol. The molecule has 0 fully saturated rings. The van der Waals surface area contributed by atoms with Gasteiger partial charge in [0.25, 0.3) is 0 Å². The molecule has 0 unspecified atom stereocenters. The van der Waals surface area contributed by atoms with Gasteiger partial charge in [-0.2, -0.15) is 0 Å². The Bertz CT molecular complexity index is 540. The van der Waals surface area contributed by atoms with Gasteiger partial charge < -0.3 is 10.7 Å². The molecular formula is C10H9N5. The second-order valence-corrected chi connectivity index (χ2v) is 3.38.